The number of benzene rings is 1. The summed E-state index contributed by atoms with van der Waals surface area (Å²) in [7, 11) is 0. The van der Waals surface area contributed by atoms with Crippen molar-refractivity contribution in [2.24, 2.45) is 0 Å². The van der Waals surface area contributed by atoms with Crippen LogP contribution in [0.3, 0.4) is 0 Å². The van der Waals surface area contributed by atoms with E-state index in [1.54, 1.807) is 0 Å². The predicted octanol–water partition coefficient (Wildman–Crippen LogP) is 1.93. The molecule has 1 fully saturated rings. The SMILES string of the molecule is Cc1cccc(OC[C@]2(O)COCCN(Cc3cc(C)on3)C2)c1. The maximum absolute atomic E-state index is 10.9. The number of β-amino-alcohol motifs (C(OH)–C–C–N with tert-alkyl or cyclic N) is 1. The Bertz CT molecular complexity index is 673. The number of aliphatic hydroxyl groups is 1. The maximum atomic E-state index is 10.9. The second-order valence-corrected chi connectivity index (χ2v) is 6.52. The van der Waals surface area contributed by atoms with E-state index in [1.165, 1.54) is 0 Å². The normalized spacial score (nSPS) is 22.3. The van der Waals surface area contributed by atoms with Crippen LogP contribution in [0.15, 0.2) is 34.9 Å². The van der Waals surface area contributed by atoms with Gasteiger partial charge in [-0.1, -0.05) is 17.3 Å². The van der Waals surface area contributed by atoms with Gasteiger partial charge < -0.3 is 19.1 Å². The fourth-order valence-corrected chi connectivity index (χ4v) is 2.86. The molecule has 0 aliphatic carbocycles. The molecular formula is C18H24N2O4. The van der Waals surface area contributed by atoms with Gasteiger partial charge >= 0.3 is 0 Å². The third-order valence-corrected chi connectivity index (χ3v) is 4.00. The van der Waals surface area contributed by atoms with Crippen LogP contribution < -0.4 is 4.74 Å². The summed E-state index contributed by atoms with van der Waals surface area (Å²) in [4.78, 5) is 2.11. The van der Waals surface area contributed by atoms with Gasteiger partial charge in [-0.2, -0.15) is 0 Å². The van der Waals surface area contributed by atoms with Crippen molar-refractivity contribution in [3.63, 3.8) is 0 Å². The Hall–Kier alpha value is -1.89. The Morgan fingerprint density at radius 1 is 1.33 bits per heavy atom. The van der Waals surface area contributed by atoms with E-state index in [0.717, 1.165) is 29.3 Å². The van der Waals surface area contributed by atoms with Crippen LogP contribution in [-0.4, -0.2) is 53.7 Å². The first-order valence-electron chi connectivity index (χ1n) is 8.17. The molecule has 6 nitrogen and oxygen atoms in total. The molecule has 0 radical (unpaired) electrons. The lowest BCUT2D eigenvalue weighted by Crippen LogP contribution is -2.48. The fourth-order valence-electron chi connectivity index (χ4n) is 2.86. The van der Waals surface area contributed by atoms with Gasteiger partial charge in [0.2, 0.25) is 0 Å². The Morgan fingerprint density at radius 2 is 2.21 bits per heavy atom. The molecule has 2 aromatic rings. The smallest absolute Gasteiger partial charge is 0.134 e. The van der Waals surface area contributed by atoms with Crippen molar-refractivity contribution in [2.75, 3.05) is 32.9 Å². The van der Waals surface area contributed by atoms with Crippen LogP contribution in [0.5, 0.6) is 5.75 Å². The minimum atomic E-state index is -1.06. The Morgan fingerprint density at radius 3 is 2.96 bits per heavy atom. The van der Waals surface area contributed by atoms with Gasteiger partial charge in [-0.3, -0.25) is 4.90 Å². The highest BCUT2D eigenvalue weighted by molar-refractivity contribution is 5.27. The second-order valence-electron chi connectivity index (χ2n) is 6.52. The number of hydrogen-bond donors (Lipinski definition) is 1. The summed E-state index contributed by atoms with van der Waals surface area (Å²) >= 11 is 0. The standard InChI is InChI=1S/C18H24N2O4/c1-14-4-3-5-17(8-14)23-13-18(21)11-20(6-7-22-12-18)10-16-9-15(2)24-19-16/h3-5,8-9,21H,6-7,10-13H2,1-2H3/t18-/m1/s1. The highest BCUT2D eigenvalue weighted by Gasteiger charge is 2.33. The second kappa shape index (κ2) is 7.34. The highest BCUT2D eigenvalue weighted by atomic mass is 16.5. The Labute approximate surface area is 142 Å². The van der Waals surface area contributed by atoms with Crippen LogP contribution in [0.25, 0.3) is 0 Å². The van der Waals surface area contributed by atoms with Crippen molar-refractivity contribution in [2.45, 2.75) is 26.0 Å². The zero-order valence-corrected chi connectivity index (χ0v) is 14.2. The largest absolute Gasteiger partial charge is 0.490 e. The molecule has 0 unspecified atom stereocenters. The van der Waals surface area contributed by atoms with Crippen LogP contribution in [-0.2, 0) is 11.3 Å². The molecule has 1 aromatic heterocycles. The van der Waals surface area contributed by atoms with Gasteiger partial charge in [-0.25, -0.2) is 0 Å². The molecule has 0 saturated carbocycles. The van der Waals surface area contributed by atoms with E-state index in [1.807, 2.05) is 44.2 Å². The first-order chi connectivity index (χ1) is 11.5. The first-order valence-corrected chi connectivity index (χ1v) is 8.17. The molecule has 1 N–H and O–H groups in total. The molecule has 6 heteroatoms. The van der Waals surface area contributed by atoms with Gasteiger partial charge in [0.15, 0.2) is 0 Å². The van der Waals surface area contributed by atoms with Gasteiger partial charge in [0.1, 0.15) is 23.7 Å². The highest BCUT2D eigenvalue weighted by Crippen LogP contribution is 2.19. The molecule has 0 bridgehead atoms. The molecule has 1 aliphatic rings. The van der Waals surface area contributed by atoms with Crippen LogP contribution in [0.1, 0.15) is 17.0 Å². The van der Waals surface area contributed by atoms with E-state index >= 15 is 0 Å². The summed E-state index contributed by atoms with van der Waals surface area (Å²) < 4.78 is 16.5. The number of hydrogen-bond acceptors (Lipinski definition) is 6. The Balaban J connectivity index is 1.62. The van der Waals surface area contributed by atoms with Gasteiger partial charge in [-0.15, -0.1) is 0 Å². The molecule has 1 saturated heterocycles. The average molecular weight is 332 g/mol. The van der Waals surface area contributed by atoms with Crippen molar-refractivity contribution >= 4 is 0 Å². The van der Waals surface area contributed by atoms with Crippen LogP contribution in [0.4, 0.5) is 0 Å². The van der Waals surface area contributed by atoms with Crippen molar-refractivity contribution in [3.05, 3.63) is 47.3 Å². The van der Waals surface area contributed by atoms with E-state index in [4.69, 9.17) is 14.0 Å². The van der Waals surface area contributed by atoms with E-state index in [-0.39, 0.29) is 13.2 Å². The van der Waals surface area contributed by atoms with Crippen molar-refractivity contribution < 1.29 is 19.1 Å². The molecule has 3 rings (SSSR count). The quantitative estimate of drug-likeness (QED) is 0.902. The molecule has 1 aromatic carbocycles. The van der Waals surface area contributed by atoms with E-state index in [2.05, 4.69) is 10.1 Å². The summed E-state index contributed by atoms with van der Waals surface area (Å²) in [5, 5.41) is 14.9. The lowest BCUT2D eigenvalue weighted by molar-refractivity contribution is -0.0647. The predicted molar refractivity (Wildman–Crippen MR) is 89.0 cm³/mol. The third kappa shape index (κ3) is 4.56. The summed E-state index contributed by atoms with van der Waals surface area (Å²) in [6.45, 7) is 6.71. The van der Waals surface area contributed by atoms with Crippen molar-refractivity contribution in [1.82, 2.24) is 10.1 Å². The lowest BCUT2D eigenvalue weighted by Gasteiger charge is -2.30. The van der Waals surface area contributed by atoms with Gasteiger partial charge in [0.05, 0.1) is 18.9 Å². The van der Waals surface area contributed by atoms with E-state index in [9.17, 15) is 5.11 Å². The molecule has 0 spiro atoms. The zero-order valence-electron chi connectivity index (χ0n) is 14.2. The van der Waals surface area contributed by atoms with E-state index in [0.29, 0.717) is 19.7 Å². The number of nitrogens with zero attached hydrogens (tertiary/aromatic N) is 2. The summed E-state index contributed by atoms with van der Waals surface area (Å²) in [6.07, 6.45) is 0. The van der Waals surface area contributed by atoms with Gasteiger partial charge in [0, 0.05) is 25.7 Å². The molecule has 130 valence electrons. The third-order valence-electron chi connectivity index (χ3n) is 4.00. The van der Waals surface area contributed by atoms with Gasteiger partial charge in [0.25, 0.3) is 0 Å². The molecule has 1 aliphatic heterocycles. The van der Waals surface area contributed by atoms with Crippen LogP contribution in [0, 0.1) is 13.8 Å². The van der Waals surface area contributed by atoms with Crippen LogP contribution >= 0.6 is 0 Å². The molecule has 2 heterocycles. The molecule has 0 amide bonds. The topological polar surface area (TPSA) is 68.0 Å². The number of ether oxygens (including phenoxy) is 2. The monoisotopic (exact) mass is 332 g/mol. The number of rotatable bonds is 5. The number of aromatic nitrogens is 1. The van der Waals surface area contributed by atoms with Crippen molar-refractivity contribution in [3.8, 4) is 5.75 Å². The fraction of sp³-hybridized carbons (Fsp3) is 0.500. The van der Waals surface area contributed by atoms with Crippen molar-refractivity contribution in [1.29, 1.82) is 0 Å². The minimum Gasteiger partial charge on any atom is -0.490 e. The maximum Gasteiger partial charge on any atom is 0.134 e. The number of aryl methyl sites for hydroxylation is 2. The Kier molecular flexibility index (Phi) is 5.18. The average Bonchev–Trinajstić information content (AvgIpc) is 2.85. The zero-order chi connectivity index (χ0) is 17.0. The van der Waals surface area contributed by atoms with E-state index < -0.39 is 5.60 Å². The molecule has 24 heavy (non-hydrogen) atoms. The summed E-state index contributed by atoms with van der Waals surface area (Å²) in [5.41, 5.74) is 0.926. The van der Waals surface area contributed by atoms with Crippen LogP contribution in [0.2, 0.25) is 0 Å². The molecule has 1 atom stereocenters. The van der Waals surface area contributed by atoms with Gasteiger partial charge in [-0.05, 0) is 31.5 Å². The first kappa shape index (κ1) is 17.0. The summed E-state index contributed by atoms with van der Waals surface area (Å²) in [6, 6.07) is 9.71. The lowest BCUT2D eigenvalue weighted by atomic mass is 10.1. The summed E-state index contributed by atoms with van der Waals surface area (Å²) in [5.74, 6) is 1.54. The molecular weight excluding hydrogens is 308 g/mol. The minimum absolute atomic E-state index is 0.185.